The summed E-state index contributed by atoms with van der Waals surface area (Å²) in [5, 5.41) is 12.2. The molecule has 1 aromatic heterocycles. The molecule has 0 aliphatic carbocycles. The molecule has 0 fully saturated rings. The van der Waals surface area contributed by atoms with Gasteiger partial charge in [0, 0.05) is 13.1 Å². The molecule has 0 saturated carbocycles. The van der Waals surface area contributed by atoms with Crippen molar-refractivity contribution in [2.24, 2.45) is 5.92 Å². The van der Waals surface area contributed by atoms with Gasteiger partial charge >= 0.3 is 5.97 Å². The van der Waals surface area contributed by atoms with Crippen molar-refractivity contribution in [1.82, 2.24) is 9.55 Å². The van der Waals surface area contributed by atoms with Gasteiger partial charge in [-0.25, -0.2) is 4.98 Å². The van der Waals surface area contributed by atoms with Crippen molar-refractivity contribution in [3.8, 4) is 0 Å². The van der Waals surface area contributed by atoms with Crippen LogP contribution < -0.4 is 5.32 Å². The number of carboxylic acids is 1. The molecule has 0 amide bonds. The summed E-state index contributed by atoms with van der Waals surface area (Å²) >= 11 is 0. The van der Waals surface area contributed by atoms with Crippen LogP contribution in [0.15, 0.2) is 0 Å². The van der Waals surface area contributed by atoms with Gasteiger partial charge in [-0.05, 0) is 18.8 Å². The molecule has 0 bridgehead atoms. The number of nitrogens with one attached hydrogen (secondary N) is 1. The molecule has 94 valence electrons. The topological polar surface area (TPSA) is 67.2 Å². The van der Waals surface area contributed by atoms with Crippen LogP contribution in [-0.4, -0.2) is 27.2 Å². The Bertz CT molecular complexity index is 424. The number of hydrogen-bond donors (Lipinski definition) is 2. The molecule has 0 atom stereocenters. The predicted octanol–water partition coefficient (Wildman–Crippen LogP) is 1.52. The van der Waals surface area contributed by atoms with Crippen LogP contribution in [0.25, 0.3) is 0 Å². The van der Waals surface area contributed by atoms with Crippen molar-refractivity contribution in [2.45, 2.75) is 39.7 Å². The fraction of sp³-hybridized carbons (Fsp3) is 0.667. The number of aromatic nitrogens is 2. The van der Waals surface area contributed by atoms with Crippen LogP contribution in [0.5, 0.6) is 0 Å². The fourth-order valence-electron chi connectivity index (χ4n) is 2.24. The van der Waals surface area contributed by atoms with Gasteiger partial charge in [0.15, 0.2) is 0 Å². The first kappa shape index (κ1) is 12.0. The molecule has 5 nitrogen and oxygen atoms in total. The second kappa shape index (κ2) is 4.77. The molecular formula is C12H19N3O2. The maximum atomic E-state index is 10.9. The van der Waals surface area contributed by atoms with Gasteiger partial charge in [-0.15, -0.1) is 0 Å². The molecule has 0 unspecified atom stereocenters. The lowest BCUT2D eigenvalue weighted by molar-refractivity contribution is -0.136. The number of anilines is 1. The molecule has 1 aliphatic heterocycles. The van der Waals surface area contributed by atoms with Crippen LogP contribution in [0.4, 0.5) is 5.95 Å². The molecular weight excluding hydrogens is 218 g/mol. The third kappa shape index (κ3) is 2.60. The standard InChI is InChI=1S/C12H19N3O2/c1-8(2)6-9-10(7-11(16)17)15-5-3-4-13-12(15)14-9/h8H,3-7H2,1-2H3,(H,13,14)(H,16,17). The second-order valence-electron chi connectivity index (χ2n) is 4.93. The SMILES string of the molecule is CC(C)Cc1nc2n(c1CC(=O)O)CCCN2. The Morgan fingerprint density at radius 1 is 1.59 bits per heavy atom. The number of carbonyl (C=O) groups is 1. The molecule has 0 aromatic carbocycles. The monoisotopic (exact) mass is 237 g/mol. The lowest BCUT2D eigenvalue weighted by Gasteiger charge is -2.17. The summed E-state index contributed by atoms with van der Waals surface area (Å²) < 4.78 is 2.02. The molecule has 17 heavy (non-hydrogen) atoms. The van der Waals surface area contributed by atoms with Crippen molar-refractivity contribution < 1.29 is 9.90 Å². The molecule has 2 heterocycles. The lowest BCUT2D eigenvalue weighted by Crippen LogP contribution is -2.20. The maximum absolute atomic E-state index is 10.9. The smallest absolute Gasteiger partial charge is 0.309 e. The second-order valence-corrected chi connectivity index (χ2v) is 4.93. The minimum Gasteiger partial charge on any atom is -0.481 e. The van der Waals surface area contributed by atoms with Gasteiger partial charge in [0.25, 0.3) is 0 Å². The number of hydrogen-bond acceptors (Lipinski definition) is 3. The third-order valence-electron chi connectivity index (χ3n) is 2.92. The number of rotatable bonds is 4. The Morgan fingerprint density at radius 2 is 2.35 bits per heavy atom. The van der Waals surface area contributed by atoms with E-state index in [4.69, 9.17) is 5.11 Å². The summed E-state index contributed by atoms with van der Waals surface area (Å²) in [5.41, 5.74) is 1.81. The average molecular weight is 237 g/mol. The van der Waals surface area contributed by atoms with E-state index >= 15 is 0 Å². The first-order valence-electron chi connectivity index (χ1n) is 6.12. The fourth-order valence-corrected chi connectivity index (χ4v) is 2.24. The maximum Gasteiger partial charge on any atom is 0.309 e. The summed E-state index contributed by atoms with van der Waals surface area (Å²) in [6, 6.07) is 0. The predicted molar refractivity (Wildman–Crippen MR) is 65.2 cm³/mol. The van der Waals surface area contributed by atoms with Gasteiger partial charge in [0.05, 0.1) is 17.8 Å². The largest absolute Gasteiger partial charge is 0.481 e. The van der Waals surface area contributed by atoms with Gasteiger partial charge in [0.2, 0.25) is 5.95 Å². The van der Waals surface area contributed by atoms with Crippen molar-refractivity contribution in [3.63, 3.8) is 0 Å². The Labute approximate surface area is 101 Å². The van der Waals surface area contributed by atoms with Crippen LogP contribution in [-0.2, 0) is 24.2 Å². The molecule has 0 radical (unpaired) electrons. The van der Waals surface area contributed by atoms with E-state index in [-0.39, 0.29) is 6.42 Å². The summed E-state index contributed by atoms with van der Waals surface area (Å²) in [4.78, 5) is 15.5. The van der Waals surface area contributed by atoms with Crippen LogP contribution in [0.2, 0.25) is 0 Å². The first-order valence-corrected chi connectivity index (χ1v) is 6.12. The molecule has 0 spiro atoms. The zero-order valence-electron chi connectivity index (χ0n) is 10.4. The first-order chi connectivity index (χ1) is 8.08. The average Bonchev–Trinajstić information content (AvgIpc) is 2.55. The molecule has 5 heteroatoms. The Hall–Kier alpha value is -1.52. The Kier molecular flexibility index (Phi) is 3.36. The van der Waals surface area contributed by atoms with Gasteiger partial charge < -0.3 is 15.0 Å². The van der Waals surface area contributed by atoms with Crippen LogP contribution in [0, 0.1) is 5.92 Å². The third-order valence-corrected chi connectivity index (χ3v) is 2.92. The normalized spacial score (nSPS) is 14.5. The quantitative estimate of drug-likeness (QED) is 0.833. The van der Waals surface area contributed by atoms with Gasteiger partial charge in [-0.3, -0.25) is 4.79 Å². The Balaban J connectivity index is 2.35. The van der Waals surface area contributed by atoms with E-state index in [1.165, 1.54) is 0 Å². The zero-order valence-corrected chi connectivity index (χ0v) is 10.4. The zero-order chi connectivity index (χ0) is 12.4. The molecule has 0 saturated heterocycles. The molecule has 2 rings (SSSR count). The van der Waals surface area contributed by atoms with Gasteiger partial charge in [-0.1, -0.05) is 13.8 Å². The van der Waals surface area contributed by atoms with Gasteiger partial charge in [-0.2, -0.15) is 0 Å². The van der Waals surface area contributed by atoms with E-state index in [9.17, 15) is 4.79 Å². The number of imidazole rings is 1. The highest BCUT2D eigenvalue weighted by molar-refractivity contribution is 5.70. The lowest BCUT2D eigenvalue weighted by atomic mass is 10.1. The highest BCUT2D eigenvalue weighted by Gasteiger charge is 2.21. The van der Waals surface area contributed by atoms with Crippen LogP contribution in [0.1, 0.15) is 31.7 Å². The van der Waals surface area contributed by atoms with E-state index in [0.717, 1.165) is 43.3 Å². The summed E-state index contributed by atoms with van der Waals surface area (Å²) in [5.74, 6) is 0.533. The van der Waals surface area contributed by atoms with E-state index in [1.807, 2.05) is 4.57 Å². The Morgan fingerprint density at radius 3 is 3.00 bits per heavy atom. The van der Waals surface area contributed by atoms with E-state index in [0.29, 0.717) is 5.92 Å². The molecule has 1 aromatic rings. The molecule has 2 N–H and O–H groups in total. The number of fused-ring (bicyclic) bond motifs is 1. The van der Waals surface area contributed by atoms with E-state index in [2.05, 4.69) is 24.1 Å². The summed E-state index contributed by atoms with van der Waals surface area (Å²) in [7, 11) is 0. The molecule has 1 aliphatic rings. The minimum absolute atomic E-state index is 0.0662. The number of aliphatic carboxylic acids is 1. The van der Waals surface area contributed by atoms with Crippen molar-refractivity contribution in [2.75, 3.05) is 11.9 Å². The van der Waals surface area contributed by atoms with Crippen LogP contribution in [0.3, 0.4) is 0 Å². The summed E-state index contributed by atoms with van der Waals surface area (Å²) in [6.45, 7) is 6.04. The number of carboxylic acid groups (broad SMARTS) is 1. The highest BCUT2D eigenvalue weighted by Crippen LogP contribution is 2.22. The van der Waals surface area contributed by atoms with Crippen molar-refractivity contribution >= 4 is 11.9 Å². The van der Waals surface area contributed by atoms with Gasteiger partial charge in [0.1, 0.15) is 0 Å². The van der Waals surface area contributed by atoms with E-state index < -0.39 is 5.97 Å². The van der Waals surface area contributed by atoms with Crippen molar-refractivity contribution in [1.29, 1.82) is 0 Å². The number of nitrogens with zero attached hydrogens (tertiary/aromatic N) is 2. The summed E-state index contributed by atoms with van der Waals surface area (Å²) in [6.07, 6.45) is 1.93. The van der Waals surface area contributed by atoms with Crippen molar-refractivity contribution in [3.05, 3.63) is 11.4 Å². The van der Waals surface area contributed by atoms with Crippen LogP contribution >= 0.6 is 0 Å². The van der Waals surface area contributed by atoms with E-state index in [1.54, 1.807) is 0 Å². The minimum atomic E-state index is -0.789. The highest BCUT2D eigenvalue weighted by atomic mass is 16.4.